The van der Waals surface area contributed by atoms with Gasteiger partial charge in [0.25, 0.3) is 5.91 Å². The maximum atomic E-state index is 12.4. The van der Waals surface area contributed by atoms with Crippen LogP contribution in [0.3, 0.4) is 0 Å². The summed E-state index contributed by atoms with van der Waals surface area (Å²) < 4.78 is 16.5. The van der Waals surface area contributed by atoms with Crippen LogP contribution < -0.4 is 19.5 Å². The predicted molar refractivity (Wildman–Crippen MR) is 131 cm³/mol. The molecule has 34 heavy (non-hydrogen) atoms. The smallest absolute Gasteiger partial charge is 0.255 e. The summed E-state index contributed by atoms with van der Waals surface area (Å²) in [6.07, 6.45) is 3.88. The Balaban J connectivity index is 1.40. The lowest BCUT2D eigenvalue weighted by atomic mass is 10.1. The molecule has 1 N–H and O–H groups in total. The minimum atomic E-state index is -0.195. The third kappa shape index (κ3) is 5.69. The third-order valence-electron chi connectivity index (χ3n) is 5.17. The second-order valence-corrected chi connectivity index (χ2v) is 7.42. The van der Waals surface area contributed by atoms with E-state index in [9.17, 15) is 4.79 Å². The van der Waals surface area contributed by atoms with Crippen molar-refractivity contribution in [1.82, 2.24) is 9.97 Å². The van der Waals surface area contributed by atoms with Gasteiger partial charge in [-0.25, -0.2) is 4.98 Å². The molecule has 0 aliphatic heterocycles. The Bertz CT molecular complexity index is 1260. The van der Waals surface area contributed by atoms with E-state index in [2.05, 4.69) is 15.3 Å². The van der Waals surface area contributed by atoms with Crippen LogP contribution in [0.1, 0.15) is 15.9 Å². The van der Waals surface area contributed by atoms with Crippen molar-refractivity contribution in [3.8, 4) is 28.6 Å². The summed E-state index contributed by atoms with van der Waals surface area (Å²) in [5, 5.41) is 2.91. The Labute approximate surface area is 198 Å². The summed E-state index contributed by atoms with van der Waals surface area (Å²) in [4.78, 5) is 21.0. The van der Waals surface area contributed by atoms with Crippen LogP contribution in [0.4, 0.5) is 5.69 Å². The molecule has 1 amide bonds. The molecule has 0 fully saturated rings. The normalized spacial score (nSPS) is 10.4. The molecule has 7 nitrogen and oxygen atoms in total. The first-order chi connectivity index (χ1) is 16.7. The number of nitrogens with one attached hydrogen (secondary N) is 1. The average Bonchev–Trinajstić information content (AvgIpc) is 2.89. The maximum Gasteiger partial charge on any atom is 0.255 e. The minimum absolute atomic E-state index is 0.195. The van der Waals surface area contributed by atoms with Crippen molar-refractivity contribution >= 4 is 11.6 Å². The van der Waals surface area contributed by atoms with Gasteiger partial charge in [0.1, 0.15) is 0 Å². The number of carbonyl (C=O) groups is 1. The molecule has 0 aliphatic carbocycles. The largest absolute Gasteiger partial charge is 0.493 e. The van der Waals surface area contributed by atoms with Crippen LogP contribution in [0.2, 0.25) is 0 Å². The van der Waals surface area contributed by atoms with Crippen molar-refractivity contribution < 1.29 is 19.0 Å². The van der Waals surface area contributed by atoms with E-state index in [0.29, 0.717) is 41.7 Å². The Hall–Kier alpha value is -4.39. The van der Waals surface area contributed by atoms with Gasteiger partial charge in [0.15, 0.2) is 11.5 Å². The molecule has 4 aromatic rings. The van der Waals surface area contributed by atoms with E-state index in [1.807, 2.05) is 60.7 Å². The molecule has 0 saturated heterocycles. The second-order valence-electron chi connectivity index (χ2n) is 7.42. The Morgan fingerprint density at radius 2 is 1.68 bits per heavy atom. The number of ether oxygens (including phenoxy) is 3. The molecular weight excluding hydrogens is 430 g/mol. The monoisotopic (exact) mass is 455 g/mol. The van der Waals surface area contributed by atoms with Gasteiger partial charge in [-0.05, 0) is 48.0 Å². The number of carbonyl (C=O) groups excluding carboxylic acids is 1. The number of hydrogen-bond donors (Lipinski definition) is 1. The molecule has 0 saturated carbocycles. The molecule has 0 atom stereocenters. The lowest BCUT2D eigenvalue weighted by Gasteiger charge is -2.11. The Morgan fingerprint density at radius 3 is 2.47 bits per heavy atom. The van der Waals surface area contributed by atoms with Gasteiger partial charge in [-0.1, -0.05) is 24.3 Å². The summed E-state index contributed by atoms with van der Waals surface area (Å²) in [5.41, 5.74) is 3.93. The first-order valence-electron chi connectivity index (χ1n) is 10.8. The number of pyridine rings is 2. The van der Waals surface area contributed by atoms with E-state index in [4.69, 9.17) is 14.2 Å². The molecule has 0 aliphatic rings. The fraction of sp³-hybridized carbons (Fsp3) is 0.148. The zero-order valence-corrected chi connectivity index (χ0v) is 19.0. The van der Waals surface area contributed by atoms with Crippen LogP contribution in [0.25, 0.3) is 11.3 Å². The van der Waals surface area contributed by atoms with E-state index < -0.39 is 0 Å². The number of benzene rings is 2. The van der Waals surface area contributed by atoms with Crippen molar-refractivity contribution in [1.29, 1.82) is 0 Å². The molecular formula is C27H25N3O4. The SMILES string of the molecule is COc1ccc(CCOc2cccc(-c3cccc(NC(=O)c4ccncc4)c3)n2)cc1OC. The van der Waals surface area contributed by atoms with Gasteiger partial charge in [0, 0.05) is 41.7 Å². The fourth-order valence-corrected chi connectivity index (χ4v) is 3.43. The van der Waals surface area contributed by atoms with Gasteiger partial charge < -0.3 is 19.5 Å². The van der Waals surface area contributed by atoms with Crippen LogP contribution in [0.5, 0.6) is 17.4 Å². The number of hydrogen-bond acceptors (Lipinski definition) is 6. The molecule has 0 radical (unpaired) electrons. The van der Waals surface area contributed by atoms with Gasteiger partial charge in [-0.15, -0.1) is 0 Å². The number of rotatable bonds is 9. The highest BCUT2D eigenvalue weighted by molar-refractivity contribution is 6.04. The van der Waals surface area contributed by atoms with Gasteiger partial charge in [0.2, 0.25) is 5.88 Å². The van der Waals surface area contributed by atoms with E-state index in [0.717, 1.165) is 16.8 Å². The highest BCUT2D eigenvalue weighted by Crippen LogP contribution is 2.28. The van der Waals surface area contributed by atoms with Crippen LogP contribution in [-0.4, -0.2) is 36.7 Å². The van der Waals surface area contributed by atoms with Crippen molar-refractivity contribution in [2.75, 3.05) is 26.1 Å². The first-order valence-corrected chi connectivity index (χ1v) is 10.8. The maximum absolute atomic E-state index is 12.4. The molecule has 2 aromatic heterocycles. The first kappa shape index (κ1) is 22.8. The summed E-state index contributed by atoms with van der Waals surface area (Å²) in [5.74, 6) is 1.72. The number of methoxy groups -OCH3 is 2. The molecule has 7 heteroatoms. The van der Waals surface area contributed by atoms with Crippen LogP contribution in [-0.2, 0) is 6.42 Å². The molecule has 0 unspecified atom stereocenters. The Morgan fingerprint density at radius 1 is 0.882 bits per heavy atom. The molecule has 0 bridgehead atoms. The quantitative estimate of drug-likeness (QED) is 0.381. The van der Waals surface area contributed by atoms with E-state index in [1.54, 1.807) is 38.7 Å². The molecule has 172 valence electrons. The van der Waals surface area contributed by atoms with Crippen LogP contribution in [0.15, 0.2) is 85.2 Å². The topological polar surface area (TPSA) is 82.6 Å². The second kappa shape index (κ2) is 11.0. The lowest BCUT2D eigenvalue weighted by Crippen LogP contribution is -2.11. The highest BCUT2D eigenvalue weighted by Gasteiger charge is 2.08. The number of amides is 1. The van der Waals surface area contributed by atoms with Crippen LogP contribution in [0, 0.1) is 0 Å². The summed E-state index contributed by atoms with van der Waals surface area (Å²) in [6, 6.07) is 22.3. The van der Waals surface area contributed by atoms with Gasteiger partial charge >= 0.3 is 0 Å². The third-order valence-corrected chi connectivity index (χ3v) is 5.17. The fourth-order valence-electron chi connectivity index (χ4n) is 3.43. The summed E-state index contributed by atoms with van der Waals surface area (Å²) in [7, 11) is 3.23. The van der Waals surface area contributed by atoms with Gasteiger partial charge in [-0.2, -0.15) is 0 Å². The van der Waals surface area contributed by atoms with E-state index in [-0.39, 0.29) is 5.91 Å². The molecule has 4 rings (SSSR count). The highest BCUT2D eigenvalue weighted by atomic mass is 16.5. The van der Waals surface area contributed by atoms with Crippen molar-refractivity contribution in [2.45, 2.75) is 6.42 Å². The van der Waals surface area contributed by atoms with Crippen molar-refractivity contribution in [3.63, 3.8) is 0 Å². The van der Waals surface area contributed by atoms with Crippen molar-refractivity contribution in [3.05, 3.63) is 96.3 Å². The lowest BCUT2D eigenvalue weighted by molar-refractivity contribution is 0.102. The zero-order valence-electron chi connectivity index (χ0n) is 19.0. The standard InChI is InChI=1S/C27H25N3O4/c1-32-24-10-9-19(17-25(24)33-2)13-16-34-26-8-4-7-23(30-26)21-5-3-6-22(18-21)29-27(31)20-11-14-28-15-12-20/h3-12,14-15,17-18H,13,16H2,1-2H3,(H,29,31). The Kier molecular flexibility index (Phi) is 7.35. The van der Waals surface area contributed by atoms with Gasteiger partial charge in [0.05, 0.1) is 26.5 Å². The number of nitrogens with zero attached hydrogens (tertiary/aromatic N) is 2. The molecule has 2 heterocycles. The summed E-state index contributed by atoms with van der Waals surface area (Å²) >= 11 is 0. The average molecular weight is 456 g/mol. The van der Waals surface area contributed by atoms with E-state index >= 15 is 0 Å². The van der Waals surface area contributed by atoms with Crippen LogP contribution >= 0.6 is 0 Å². The van der Waals surface area contributed by atoms with Gasteiger partial charge in [-0.3, -0.25) is 9.78 Å². The molecule has 0 spiro atoms. The number of anilines is 1. The molecule has 2 aromatic carbocycles. The van der Waals surface area contributed by atoms with E-state index in [1.165, 1.54) is 0 Å². The number of aromatic nitrogens is 2. The zero-order chi connectivity index (χ0) is 23.8. The summed E-state index contributed by atoms with van der Waals surface area (Å²) in [6.45, 7) is 0.466. The van der Waals surface area contributed by atoms with Crippen molar-refractivity contribution in [2.24, 2.45) is 0 Å². The minimum Gasteiger partial charge on any atom is -0.493 e. The predicted octanol–water partition coefficient (Wildman–Crippen LogP) is 5.03.